The molecule has 0 radical (unpaired) electrons. The normalized spacial score (nSPS) is 10.7. The van der Waals surface area contributed by atoms with Crippen molar-refractivity contribution in [2.45, 2.75) is 0 Å². The van der Waals surface area contributed by atoms with Crippen LogP contribution >= 0.6 is 0 Å². The molecule has 0 bridgehead atoms. The van der Waals surface area contributed by atoms with Crippen LogP contribution in [0.25, 0.3) is 33.9 Å². The molecule has 0 aliphatic carbocycles. The topological polar surface area (TPSA) is 107 Å². The fourth-order valence-electron chi connectivity index (χ4n) is 2.91. The fraction of sp³-hybridized carbons (Fsp3) is 0. The lowest BCUT2D eigenvalue weighted by Gasteiger charge is -2.11. The highest BCUT2D eigenvalue weighted by Gasteiger charge is 2.15. The second-order valence-electron chi connectivity index (χ2n) is 6.23. The van der Waals surface area contributed by atoms with E-state index in [1.165, 1.54) is 24.3 Å². The predicted molar refractivity (Wildman–Crippen MR) is 105 cm³/mol. The van der Waals surface area contributed by atoms with Crippen molar-refractivity contribution in [2.24, 2.45) is 0 Å². The maximum Gasteiger partial charge on any atom is 0.160 e. The first-order chi connectivity index (χ1) is 13.5. The molecule has 0 aliphatic heterocycles. The van der Waals surface area contributed by atoms with Gasteiger partial charge in [-0.25, -0.2) is 9.97 Å². The zero-order chi connectivity index (χ0) is 19.7. The summed E-state index contributed by atoms with van der Waals surface area (Å²) in [4.78, 5) is 9.11. The Kier molecular flexibility index (Phi) is 4.29. The van der Waals surface area contributed by atoms with Crippen molar-refractivity contribution in [3.05, 3.63) is 72.8 Å². The number of rotatable bonds is 3. The van der Waals surface area contributed by atoms with Crippen molar-refractivity contribution in [2.75, 3.05) is 0 Å². The second-order valence-corrected chi connectivity index (χ2v) is 6.23. The Morgan fingerprint density at radius 2 is 1.04 bits per heavy atom. The van der Waals surface area contributed by atoms with Crippen LogP contribution in [0.3, 0.4) is 0 Å². The molecular formula is C22H16N2O4. The molecule has 1 heterocycles. The van der Waals surface area contributed by atoms with E-state index >= 15 is 0 Å². The van der Waals surface area contributed by atoms with Gasteiger partial charge in [-0.1, -0.05) is 30.3 Å². The summed E-state index contributed by atoms with van der Waals surface area (Å²) in [5, 5.41) is 39.6. The molecule has 4 rings (SSSR count). The number of phenols is 4. The fourth-order valence-corrected chi connectivity index (χ4v) is 2.91. The molecule has 0 amide bonds. The van der Waals surface area contributed by atoms with E-state index < -0.39 is 0 Å². The minimum atomic E-state index is -0.126. The molecule has 0 spiro atoms. The summed E-state index contributed by atoms with van der Waals surface area (Å²) >= 11 is 0. The van der Waals surface area contributed by atoms with E-state index in [0.29, 0.717) is 28.3 Å². The van der Waals surface area contributed by atoms with Crippen LogP contribution in [0.2, 0.25) is 0 Å². The van der Waals surface area contributed by atoms with Crippen LogP contribution in [-0.4, -0.2) is 30.4 Å². The average molecular weight is 372 g/mol. The number of phenolic OH excluding ortho intramolecular Hbond substituents is 4. The summed E-state index contributed by atoms with van der Waals surface area (Å²) in [6.07, 6.45) is 0. The SMILES string of the molecule is Oc1ccc(-c2cc(-c3ccc(O)cc3O)nc(-c3ccccc3)n2)c(O)c1. The van der Waals surface area contributed by atoms with E-state index in [-0.39, 0.29) is 23.0 Å². The van der Waals surface area contributed by atoms with Crippen LogP contribution < -0.4 is 0 Å². The van der Waals surface area contributed by atoms with Gasteiger partial charge in [-0.15, -0.1) is 0 Å². The molecule has 6 heteroatoms. The van der Waals surface area contributed by atoms with Crippen LogP contribution in [0.1, 0.15) is 0 Å². The van der Waals surface area contributed by atoms with Gasteiger partial charge in [0.05, 0.1) is 11.4 Å². The lowest BCUT2D eigenvalue weighted by Crippen LogP contribution is -1.96. The molecule has 28 heavy (non-hydrogen) atoms. The lowest BCUT2D eigenvalue weighted by molar-refractivity contribution is 0.451. The quantitative estimate of drug-likeness (QED) is 0.427. The minimum absolute atomic E-state index is 0.0602. The van der Waals surface area contributed by atoms with Crippen molar-refractivity contribution in [3.8, 4) is 56.9 Å². The molecule has 0 saturated heterocycles. The molecule has 4 aromatic rings. The maximum absolute atomic E-state index is 10.3. The molecule has 0 saturated carbocycles. The number of aromatic hydroxyl groups is 4. The monoisotopic (exact) mass is 372 g/mol. The third-order valence-corrected chi connectivity index (χ3v) is 4.27. The first-order valence-corrected chi connectivity index (χ1v) is 8.50. The number of aromatic nitrogens is 2. The van der Waals surface area contributed by atoms with Crippen molar-refractivity contribution in [1.82, 2.24) is 9.97 Å². The Hall–Kier alpha value is -4.06. The zero-order valence-corrected chi connectivity index (χ0v) is 14.6. The van der Waals surface area contributed by atoms with Crippen molar-refractivity contribution in [3.63, 3.8) is 0 Å². The number of hydrogen-bond donors (Lipinski definition) is 4. The Morgan fingerprint density at radius 1 is 0.536 bits per heavy atom. The summed E-state index contributed by atoms with van der Waals surface area (Å²) in [5.41, 5.74) is 2.44. The number of nitrogens with zero attached hydrogens (tertiary/aromatic N) is 2. The van der Waals surface area contributed by atoms with E-state index in [0.717, 1.165) is 5.56 Å². The second kappa shape index (κ2) is 6.92. The largest absolute Gasteiger partial charge is 0.508 e. The van der Waals surface area contributed by atoms with Gasteiger partial charge in [-0.2, -0.15) is 0 Å². The molecule has 6 nitrogen and oxygen atoms in total. The highest BCUT2D eigenvalue weighted by molar-refractivity contribution is 5.77. The van der Waals surface area contributed by atoms with Crippen molar-refractivity contribution >= 4 is 0 Å². The van der Waals surface area contributed by atoms with Crippen molar-refractivity contribution < 1.29 is 20.4 Å². The molecule has 3 aromatic carbocycles. The van der Waals surface area contributed by atoms with Crippen molar-refractivity contribution in [1.29, 1.82) is 0 Å². The Morgan fingerprint density at radius 3 is 1.50 bits per heavy atom. The molecule has 0 atom stereocenters. The summed E-state index contributed by atoms with van der Waals surface area (Å²) in [6.45, 7) is 0. The number of hydrogen-bond acceptors (Lipinski definition) is 6. The predicted octanol–water partition coefficient (Wildman–Crippen LogP) is 4.30. The van der Waals surface area contributed by atoms with E-state index in [9.17, 15) is 20.4 Å². The molecule has 4 N–H and O–H groups in total. The van der Waals surface area contributed by atoms with Gasteiger partial charge in [-0.3, -0.25) is 0 Å². The van der Waals surface area contributed by atoms with Gasteiger partial charge >= 0.3 is 0 Å². The van der Waals surface area contributed by atoms with Gasteiger partial charge in [0.1, 0.15) is 23.0 Å². The standard InChI is InChI=1S/C22H16N2O4/c25-14-6-8-16(20(27)10-14)18-12-19(17-9-7-15(26)11-21(17)28)24-22(23-18)13-4-2-1-3-5-13/h1-12,25-28H. The summed E-state index contributed by atoms with van der Waals surface area (Å²) in [6, 6.07) is 19.4. The smallest absolute Gasteiger partial charge is 0.160 e. The highest BCUT2D eigenvalue weighted by atomic mass is 16.3. The van der Waals surface area contributed by atoms with Gasteiger partial charge in [-0.05, 0) is 30.3 Å². The molecule has 1 aromatic heterocycles. The number of benzene rings is 3. The van der Waals surface area contributed by atoms with E-state index in [1.54, 1.807) is 18.2 Å². The van der Waals surface area contributed by atoms with Crippen LogP contribution in [-0.2, 0) is 0 Å². The van der Waals surface area contributed by atoms with Gasteiger partial charge in [0.2, 0.25) is 0 Å². The molecule has 0 fully saturated rings. The molecule has 138 valence electrons. The Labute approximate surface area is 160 Å². The average Bonchev–Trinajstić information content (AvgIpc) is 2.68. The summed E-state index contributed by atoms with van der Waals surface area (Å²) in [7, 11) is 0. The summed E-state index contributed by atoms with van der Waals surface area (Å²) in [5.74, 6) is 0.0372. The van der Waals surface area contributed by atoms with Gasteiger partial charge < -0.3 is 20.4 Å². The Bertz CT molecular complexity index is 1090. The van der Waals surface area contributed by atoms with E-state index in [1.807, 2.05) is 30.3 Å². The molecule has 0 aliphatic rings. The molecular weight excluding hydrogens is 356 g/mol. The van der Waals surface area contributed by atoms with Crippen LogP contribution in [0, 0.1) is 0 Å². The first-order valence-electron chi connectivity index (χ1n) is 8.50. The summed E-state index contributed by atoms with van der Waals surface area (Å²) < 4.78 is 0. The maximum atomic E-state index is 10.3. The van der Waals surface area contributed by atoms with E-state index in [2.05, 4.69) is 9.97 Å². The van der Waals surface area contributed by atoms with Crippen LogP contribution in [0.15, 0.2) is 72.8 Å². The molecule has 0 unspecified atom stereocenters. The van der Waals surface area contributed by atoms with Gasteiger partial charge in [0.15, 0.2) is 5.82 Å². The van der Waals surface area contributed by atoms with Crippen LogP contribution in [0.4, 0.5) is 0 Å². The van der Waals surface area contributed by atoms with E-state index in [4.69, 9.17) is 0 Å². The zero-order valence-electron chi connectivity index (χ0n) is 14.6. The van der Waals surface area contributed by atoms with Crippen LogP contribution in [0.5, 0.6) is 23.0 Å². The minimum Gasteiger partial charge on any atom is -0.508 e. The first kappa shape index (κ1) is 17.4. The third kappa shape index (κ3) is 3.31. The van der Waals surface area contributed by atoms with Gasteiger partial charge in [0.25, 0.3) is 0 Å². The van der Waals surface area contributed by atoms with Gasteiger partial charge in [0, 0.05) is 28.8 Å². The Balaban J connectivity index is 1.96. The lowest BCUT2D eigenvalue weighted by atomic mass is 10.0. The highest BCUT2D eigenvalue weighted by Crippen LogP contribution is 2.36. The third-order valence-electron chi connectivity index (χ3n) is 4.27.